The van der Waals surface area contributed by atoms with Crippen molar-refractivity contribution in [1.29, 1.82) is 0 Å². The smallest absolute Gasteiger partial charge is 0.185 e. The molecule has 2 aliphatic rings. The SMILES string of the molecule is CC(C)(C)c1nc(N2CCN(C3CC3)CC2)sc1CO. The van der Waals surface area contributed by atoms with Crippen molar-refractivity contribution in [2.75, 3.05) is 31.1 Å². The zero-order chi connectivity index (χ0) is 14.3. The van der Waals surface area contributed by atoms with E-state index in [-0.39, 0.29) is 12.0 Å². The maximum absolute atomic E-state index is 9.56. The van der Waals surface area contributed by atoms with E-state index in [4.69, 9.17) is 4.98 Å². The molecule has 0 spiro atoms. The van der Waals surface area contributed by atoms with Crippen LogP contribution in [0.3, 0.4) is 0 Å². The summed E-state index contributed by atoms with van der Waals surface area (Å²) in [5, 5.41) is 10.7. The second kappa shape index (κ2) is 5.28. The van der Waals surface area contributed by atoms with Gasteiger partial charge in [-0.05, 0) is 12.8 Å². The molecule has 1 aromatic heterocycles. The van der Waals surface area contributed by atoms with E-state index in [0.717, 1.165) is 47.9 Å². The van der Waals surface area contributed by atoms with Crippen LogP contribution in [0.2, 0.25) is 0 Å². The van der Waals surface area contributed by atoms with Crippen LogP contribution in [-0.2, 0) is 12.0 Å². The number of nitrogens with zero attached hydrogens (tertiary/aromatic N) is 3. The van der Waals surface area contributed by atoms with Crippen LogP contribution in [0.4, 0.5) is 5.13 Å². The maximum atomic E-state index is 9.56. The molecule has 1 saturated carbocycles. The Morgan fingerprint density at radius 2 is 1.85 bits per heavy atom. The van der Waals surface area contributed by atoms with Crippen LogP contribution in [0.5, 0.6) is 0 Å². The van der Waals surface area contributed by atoms with Crippen LogP contribution in [0, 0.1) is 0 Å². The fourth-order valence-corrected chi connectivity index (χ4v) is 4.07. The average Bonchev–Trinajstić information content (AvgIpc) is 3.16. The van der Waals surface area contributed by atoms with Gasteiger partial charge in [0.15, 0.2) is 5.13 Å². The minimum Gasteiger partial charge on any atom is -0.391 e. The summed E-state index contributed by atoms with van der Waals surface area (Å²) in [5.41, 5.74) is 1.06. The van der Waals surface area contributed by atoms with Crippen LogP contribution in [0.25, 0.3) is 0 Å². The molecule has 1 aliphatic heterocycles. The molecule has 0 amide bonds. The Morgan fingerprint density at radius 1 is 1.20 bits per heavy atom. The van der Waals surface area contributed by atoms with Gasteiger partial charge in [0.25, 0.3) is 0 Å². The highest BCUT2D eigenvalue weighted by Gasteiger charge is 2.32. The van der Waals surface area contributed by atoms with Gasteiger partial charge in [0.05, 0.1) is 17.2 Å². The summed E-state index contributed by atoms with van der Waals surface area (Å²) >= 11 is 1.66. The summed E-state index contributed by atoms with van der Waals surface area (Å²) in [7, 11) is 0. The molecular formula is C15H25N3OS. The standard InChI is InChI=1S/C15H25N3OS/c1-15(2,3)13-12(10-19)20-14(16-13)18-8-6-17(7-9-18)11-4-5-11/h11,19H,4-10H2,1-3H3. The Balaban J connectivity index is 1.72. The average molecular weight is 295 g/mol. The lowest BCUT2D eigenvalue weighted by molar-refractivity contribution is 0.248. The summed E-state index contributed by atoms with van der Waals surface area (Å²) in [6.45, 7) is 11.0. The first-order valence-electron chi connectivity index (χ1n) is 7.59. The van der Waals surface area contributed by atoms with E-state index in [1.807, 2.05) is 0 Å². The maximum Gasteiger partial charge on any atom is 0.185 e. The number of anilines is 1. The summed E-state index contributed by atoms with van der Waals surface area (Å²) in [4.78, 5) is 10.9. The van der Waals surface area contributed by atoms with Crippen LogP contribution in [-0.4, -0.2) is 47.2 Å². The zero-order valence-corrected chi connectivity index (χ0v) is 13.5. The molecule has 2 heterocycles. The van der Waals surface area contributed by atoms with Crippen molar-refractivity contribution in [1.82, 2.24) is 9.88 Å². The number of hydrogen-bond acceptors (Lipinski definition) is 5. The van der Waals surface area contributed by atoms with Gasteiger partial charge in [-0.1, -0.05) is 32.1 Å². The van der Waals surface area contributed by atoms with Gasteiger partial charge in [0.2, 0.25) is 0 Å². The van der Waals surface area contributed by atoms with Crippen molar-refractivity contribution in [2.24, 2.45) is 0 Å². The lowest BCUT2D eigenvalue weighted by Gasteiger charge is -2.34. The van der Waals surface area contributed by atoms with Gasteiger partial charge in [0.1, 0.15) is 0 Å². The van der Waals surface area contributed by atoms with Crippen molar-refractivity contribution < 1.29 is 5.11 Å². The lowest BCUT2D eigenvalue weighted by Crippen LogP contribution is -2.47. The Labute approximate surface area is 125 Å². The van der Waals surface area contributed by atoms with Crippen LogP contribution in [0.1, 0.15) is 44.2 Å². The van der Waals surface area contributed by atoms with E-state index in [0.29, 0.717) is 0 Å². The Kier molecular flexibility index (Phi) is 3.77. The molecule has 1 aliphatic carbocycles. The Morgan fingerprint density at radius 3 is 2.30 bits per heavy atom. The second-order valence-corrected chi connectivity index (χ2v) is 7.99. The minimum absolute atomic E-state index is 0.00263. The number of aromatic nitrogens is 1. The third-order valence-corrected chi connectivity index (χ3v) is 5.29. The van der Waals surface area contributed by atoms with Gasteiger partial charge in [-0.15, -0.1) is 0 Å². The van der Waals surface area contributed by atoms with Gasteiger partial charge < -0.3 is 10.0 Å². The first-order valence-corrected chi connectivity index (χ1v) is 8.40. The van der Waals surface area contributed by atoms with E-state index in [9.17, 15) is 5.11 Å². The predicted molar refractivity (Wildman–Crippen MR) is 83.5 cm³/mol. The predicted octanol–water partition coefficient (Wildman–Crippen LogP) is 2.22. The third-order valence-electron chi connectivity index (χ3n) is 4.19. The molecule has 0 atom stereocenters. The molecule has 5 heteroatoms. The van der Waals surface area contributed by atoms with E-state index >= 15 is 0 Å². The van der Waals surface area contributed by atoms with Gasteiger partial charge in [0, 0.05) is 37.6 Å². The van der Waals surface area contributed by atoms with Crippen LogP contribution in [0.15, 0.2) is 0 Å². The van der Waals surface area contributed by atoms with Crippen molar-refractivity contribution in [3.63, 3.8) is 0 Å². The van der Waals surface area contributed by atoms with Crippen molar-refractivity contribution in [3.05, 3.63) is 10.6 Å². The Bertz CT molecular complexity index is 468. The fourth-order valence-electron chi connectivity index (χ4n) is 2.89. The number of piperazine rings is 1. The largest absolute Gasteiger partial charge is 0.391 e. The van der Waals surface area contributed by atoms with Crippen LogP contribution < -0.4 is 4.90 Å². The highest BCUT2D eigenvalue weighted by Crippen LogP contribution is 2.35. The number of aliphatic hydroxyl groups excluding tert-OH is 1. The molecule has 4 nitrogen and oxygen atoms in total. The first-order chi connectivity index (χ1) is 9.49. The first kappa shape index (κ1) is 14.3. The lowest BCUT2D eigenvalue weighted by atomic mass is 9.91. The quantitative estimate of drug-likeness (QED) is 0.928. The summed E-state index contributed by atoms with van der Waals surface area (Å²) < 4.78 is 0. The van der Waals surface area contributed by atoms with Gasteiger partial charge in [-0.3, -0.25) is 4.90 Å². The number of rotatable bonds is 3. The zero-order valence-electron chi connectivity index (χ0n) is 12.7. The summed E-state index contributed by atoms with van der Waals surface area (Å²) in [5.74, 6) is 0. The van der Waals surface area contributed by atoms with E-state index in [1.54, 1.807) is 11.3 Å². The molecule has 1 saturated heterocycles. The number of hydrogen-bond donors (Lipinski definition) is 1. The van der Waals surface area contributed by atoms with Gasteiger partial charge >= 0.3 is 0 Å². The third kappa shape index (κ3) is 2.85. The van der Waals surface area contributed by atoms with E-state index in [2.05, 4.69) is 30.6 Å². The molecule has 2 fully saturated rings. The molecule has 0 unspecified atom stereocenters. The van der Waals surface area contributed by atoms with Crippen molar-refractivity contribution >= 4 is 16.5 Å². The van der Waals surface area contributed by atoms with Crippen LogP contribution >= 0.6 is 11.3 Å². The highest BCUT2D eigenvalue weighted by atomic mass is 32.1. The number of thiazole rings is 1. The highest BCUT2D eigenvalue weighted by molar-refractivity contribution is 7.15. The minimum atomic E-state index is 0.00263. The molecule has 112 valence electrons. The fraction of sp³-hybridized carbons (Fsp3) is 0.800. The molecule has 0 aromatic carbocycles. The van der Waals surface area contributed by atoms with E-state index in [1.165, 1.54) is 12.8 Å². The molecule has 0 bridgehead atoms. The van der Waals surface area contributed by atoms with Gasteiger partial charge in [-0.2, -0.15) is 0 Å². The second-order valence-electron chi connectivity index (χ2n) is 6.93. The topological polar surface area (TPSA) is 39.6 Å². The summed E-state index contributed by atoms with van der Waals surface area (Å²) in [6.07, 6.45) is 2.78. The molecule has 1 N–H and O–H groups in total. The van der Waals surface area contributed by atoms with E-state index < -0.39 is 0 Å². The molecule has 0 radical (unpaired) electrons. The normalized spacial score (nSPS) is 21.5. The van der Waals surface area contributed by atoms with Gasteiger partial charge in [-0.25, -0.2) is 4.98 Å². The molecule has 1 aromatic rings. The Hall–Kier alpha value is -0.650. The molecule has 20 heavy (non-hydrogen) atoms. The summed E-state index contributed by atoms with van der Waals surface area (Å²) in [6, 6.07) is 0.867. The molecule has 3 rings (SSSR count). The van der Waals surface area contributed by atoms with Crippen molar-refractivity contribution in [2.45, 2.75) is 51.7 Å². The molecular weight excluding hydrogens is 270 g/mol. The van der Waals surface area contributed by atoms with Crippen molar-refractivity contribution in [3.8, 4) is 0 Å². The monoisotopic (exact) mass is 295 g/mol. The number of aliphatic hydroxyl groups is 1.